The fourth-order valence-corrected chi connectivity index (χ4v) is 1.52. The molecule has 18 heavy (non-hydrogen) atoms. The van der Waals surface area contributed by atoms with E-state index in [9.17, 15) is 20.0 Å². The SMILES string of the molecule is Cc1ncc([N+](=O)[O-])cc1C(=O)N(C)CC(C)O. The van der Waals surface area contributed by atoms with E-state index in [2.05, 4.69) is 4.98 Å². The van der Waals surface area contributed by atoms with Crippen molar-refractivity contribution < 1.29 is 14.8 Å². The predicted octanol–water partition coefficient (Wildman–Crippen LogP) is 0.751. The van der Waals surface area contributed by atoms with Crippen LogP contribution in [-0.2, 0) is 0 Å². The second kappa shape index (κ2) is 5.54. The molecule has 0 saturated heterocycles. The predicted molar refractivity (Wildman–Crippen MR) is 64.3 cm³/mol. The van der Waals surface area contributed by atoms with Gasteiger partial charge in [-0.2, -0.15) is 0 Å². The van der Waals surface area contributed by atoms with E-state index in [1.54, 1.807) is 13.8 Å². The molecule has 0 spiro atoms. The van der Waals surface area contributed by atoms with Gasteiger partial charge in [-0.25, -0.2) is 0 Å². The fraction of sp³-hybridized carbons (Fsp3) is 0.455. The van der Waals surface area contributed by atoms with E-state index in [1.807, 2.05) is 0 Å². The van der Waals surface area contributed by atoms with Gasteiger partial charge in [0.25, 0.3) is 11.6 Å². The van der Waals surface area contributed by atoms with Gasteiger partial charge in [0.1, 0.15) is 6.20 Å². The third-order valence-electron chi connectivity index (χ3n) is 2.40. The summed E-state index contributed by atoms with van der Waals surface area (Å²) in [5.74, 6) is -0.399. The van der Waals surface area contributed by atoms with Gasteiger partial charge in [-0.1, -0.05) is 0 Å². The van der Waals surface area contributed by atoms with Crippen molar-refractivity contribution in [3.05, 3.63) is 33.6 Å². The molecule has 0 saturated carbocycles. The monoisotopic (exact) mass is 253 g/mol. The average Bonchev–Trinajstić information content (AvgIpc) is 2.27. The molecule has 1 N–H and O–H groups in total. The lowest BCUT2D eigenvalue weighted by Crippen LogP contribution is -2.33. The molecule has 1 unspecified atom stereocenters. The molecule has 0 radical (unpaired) electrons. The maximum absolute atomic E-state index is 12.0. The van der Waals surface area contributed by atoms with Gasteiger partial charge in [0.2, 0.25) is 0 Å². The zero-order chi connectivity index (χ0) is 13.9. The molecule has 1 amide bonds. The summed E-state index contributed by atoms with van der Waals surface area (Å²) in [5.41, 5.74) is 0.366. The van der Waals surface area contributed by atoms with Crippen molar-refractivity contribution in [3.8, 4) is 0 Å². The van der Waals surface area contributed by atoms with E-state index in [4.69, 9.17) is 0 Å². The van der Waals surface area contributed by atoms with Crippen LogP contribution in [0.5, 0.6) is 0 Å². The van der Waals surface area contributed by atoms with Crippen molar-refractivity contribution >= 4 is 11.6 Å². The number of hydrogen-bond donors (Lipinski definition) is 1. The number of aryl methyl sites for hydroxylation is 1. The molecule has 0 aliphatic heterocycles. The second-order valence-corrected chi connectivity index (χ2v) is 4.12. The highest BCUT2D eigenvalue weighted by molar-refractivity contribution is 5.95. The molecule has 0 fully saturated rings. The Labute approximate surface area is 104 Å². The number of nitro groups is 1. The number of amides is 1. The van der Waals surface area contributed by atoms with Crippen LogP contribution in [0, 0.1) is 17.0 Å². The molecule has 0 aliphatic rings. The lowest BCUT2D eigenvalue weighted by molar-refractivity contribution is -0.385. The first kappa shape index (κ1) is 14.0. The number of carbonyl (C=O) groups excluding carboxylic acids is 1. The molecule has 1 aromatic heterocycles. The second-order valence-electron chi connectivity index (χ2n) is 4.12. The first-order valence-electron chi connectivity index (χ1n) is 5.37. The standard InChI is InChI=1S/C11H15N3O4/c1-7(15)6-13(3)11(16)10-4-9(14(17)18)5-12-8(10)2/h4-5,7,15H,6H2,1-3H3. The van der Waals surface area contributed by atoms with Crippen LogP contribution in [0.2, 0.25) is 0 Å². The number of likely N-dealkylation sites (N-methyl/N-ethyl adjacent to an activating group) is 1. The van der Waals surface area contributed by atoms with Crippen LogP contribution in [0.4, 0.5) is 5.69 Å². The third kappa shape index (κ3) is 3.24. The zero-order valence-electron chi connectivity index (χ0n) is 10.5. The average molecular weight is 253 g/mol. The molecule has 1 heterocycles. The summed E-state index contributed by atoms with van der Waals surface area (Å²) >= 11 is 0. The largest absolute Gasteiger partial charge is 0.392 e. The quantitative estimate of drug-likeness (QED) is 0.631. The van der Waals surface area contributed by atoms with Crippen molar-refractivity contribution in [2.24, 2.45) is 0 Å². The molecular formula is C11H15N3O4. The minimum atomic E-state index is -0.661. The van der Waals surface area contributed by atoms with Gasteiger partial charge in [-0.3, -0.25) is 19.9 Å². The summed E-state index contributed by atoms with van der Waals surface area (Å²) in [7, 11) is 1.52. The number of rotatable bonds is 4. The lowest BCUT2D eigenvalue weighted by Gasteiger charge is -2.19. The van der Waals surface area contributed by atoms with Crippen LogP contribution >= 0.6 is 0 Å². The number of aliphatic hydroxyl groups is 1. The van der Waals surface area contributed by atoms with E-state index in [0.717, 1.165) is 6.20 Å². The van der Waals surface area contributed by atoms with E-state index in [-0.39, 0.29) is 17.8 Å². The minimum Gasteiger partial charge on any atom is -0.392 e. The van der Waals surface area contributed by atoms with Crippen LogP contribution < -0.4 is 0 Å². The number of carbonyl (C=O) groups is 1. The highest BCUT2D eigenvalue weighted by atomic mass is 16.6. The Hall–Kier alpha value is -2.02. The van der Waals surface area contributed by atoms with E-state index in [0.29, 0.717) is 5.69 Å². The maximum Gasteiger partial charge on any atom is 0.288 e. The molecule has 0 aliphatic carbocycles. The van der Waals surface area contributed by atoms with Gasteiger partial charge in [-0.05, 0) is 13.8 Å². The Balaban J connectivity index is 3.04. The van der Waals surface area contributed by atoms with Gasteiger partial charge >= 0.3 is 0 Å². The molecule has 1 atom stereocenters. The Morgan fingerprint density at radius 3 is 2.78 bits per heavy atom. The summed E-state index contributed by atoms with van der Waals surface area (Å²) in [6, 6.07) is 1.20. The van der Waals surface area contributed by atoms with Gasteiger partial charge in [0, 0.05) is 19.7 Å². The Morgan fingerprint density at radius 1 is 1.67 bits per heavy atom. The van der Waals surface area contributed by atoms with Crippen LogP contribution in [0.15, 0.2) is 12.3 Å². The normalized spacial score (nSPS) is 12.0. The van der Waals surface area contributed by atoms with Gasteiger partial charge < -0.3 is 10.0 Å². The Bertz CT molecular complexity index is 473. The Morgan fingerprint density at radius 2 is 2.28 bits per heavy atom. The topological polar surface area (TPSA) is 96.6 Å². The highest BCUT2D eigenvalue weighted by Gasteiger charge is 2.19. The summed E-state index contributed by atoms with van der Waals surface area (Å²) in [6.07, 6.45) is 0.451. The van der Waals surface area contributed by atoms with Crippen molar-refractivity contribution in [3.63, 3.8) is 0 Å². The first-order chi connectivity index (χ1) is 8.32. The lowest BCUT2D eigenvalue weighted by atomic mass is 10.1. The van der Waals surface area contributed by atoms with Gasteiger partial charge in [0.05, 0.1) is 22.3 Å². The first-order valence-corrected chi connectivity index (χ1v) is 5.37. The molecular weight excluding hydrogens is 238 g/mol. The summed E-state index contributed by atoms with van der Waals surface area (Å²) in [4.78, 5) is 27.2. The molecule has 7 heteroatoms. The number of aliphatic hydroxyl groups excluding tert-OH is 1. The van der Waals surface area contributed by atoms with Crippen LogP contribution in [-0.4, -0.2) is 45.5 Å². The van der Waals surface area contributed by atoms with Crippen molar-refractivity contribution in [2.45, 2.75) is 20.0 Å². The number of pyridine rings is 1. The smallest absolute Gasteiger partial charge is 0.288 e. The third-order valence-corrected chi connectivity index (χ3v) is 2.40. The number of aromatic nitrogens is 1. The summed E-state index contributed by atoms with van der Waals surface area (Å²) in [6.45, 7) is 3.32. The van der Waals surface area contributed by atoms with Gasteiger partial charge in [-0.15, -0.1) is 0 Å². The molecule has 1 aromatic rings. The van der Waals surface area contributed by atoms with E-state index in [1.165, 1.54) is 18.0 Å². The molecule has 0 aromatic carbocycles. The Kier molecular flexibility index (Phi) is 4.33. The minimum absolute atomic E-state index is 0.154. The van der Waals surface area contributed by atoms with Gasteiger partial charge in [0.15, 0.2) is 0 Å². The van der Waals surface area contributed by atoms with Crippen molar-refractivity contribution in [1.82, 2.24) is 9.88 Å². The fourth-order valence-electron chi connectivity index (χ4n) is 1.52. The zero-order valence-corrected chi connectivity index (χ0v) is 10.5. The van der Waals surface area contributed by atoms with E-state index >= 15 is 0 Å². The highest BCUT2D eigenvalue weighted by Crippen LogP contribution is 2.16. The van der Waals surface area contributed by atoms with E-state index < -0.39 is 16.9 Å². The van der Waals surface area contributed by atoms with Crippen LogP contribution in [0.25, 0.3) is 0 Å². The van der Waals surface area contributed by atoms with Crippen LogP contribution in [0.1, 0.15) is 23.0 Å². The summed E-state index contributed by atoms with van der Waals surface area (Å²) < 4.78 is 0. The van der Waals surface area contributed by atoms with Crippen molar-refractivity contribution in [1.29, 1.82) is 0 Å². The number of hydrogen-bond acceptors (Lipinski definition) is 5. The molecule has 7 nitrogen and oxygen atoms in total. The maximum atomic E-state index is 12.0. The molecule has 98 valence electrons. The number of nitrogens with zero attached hydrogens (tertiary/aromatic N) is 3. The molecule has 0 bridgehead atoms. The van der Waals surface area contributed by atoms with Crippen molar-refractivity contribution in [2.75, 3.05) is 13.6 Å². The molecule has 1 rings (SSSR count). The summed E-state index contributed by atoms with van der Waals surface area (Å²) in [5, 5.41) is 19.8. The van der Waals surface area contributed by atoms with Crippen LogP contribution in [0.3, 0.4) is 0 Å².